The summed E-state index contributed by atoms with van der Waals surface area (Å²) in [5.74, 6) is -1.46. The second kappa shape index (κ2) is 10.8. The fourth-order valence-electron chi connectivity index (χ4n) is 5.08. The van der Waals surface area contributed by atoms with Crippen LogP contribution in [0, 0.1) is 11.8 Å². The first-order valence-electron chi connectivity index (χ1n) is 12.1. The number of amides is 2. The van der Waals surface area contributed by atoms with E-state index in [-0.39, 0.29) is 42.9 Å². The van der Waals surface area contributed by atoms with E-state index in [1.165, 1.54) is 16.0 Å². The number of carbonyl (C=O) groups excluding carboxylic acids is 2. The van der Waals surface area contributed by atoms with Gasteiger partial charge in [-0.05, 0) is 41.0 Å². The zero-order chi connectivity index (χ0) is 24.9. The van der Waals surface area contributed by atoms with Crippen molar-refractivity contribution >= 4 is 18.0 Å². The summed E-state index contributed by atoms with van der Waals surface area (Å²) < 4.78 is 5.63. The van der Waals surface area contributed by atoms with Gasteiger partial charge in [0, 0.05) is 18.4 Å². The topological polar surface area (TPSA) is 95.9 Å². The van der Waals surface area contributed by atoms with Crippen LogP contribution in [0.3, 0.4) is 0 Å². The summed E-state index contributed by atoms with van der Waals surface area (Å²) in [6, 6.07) is 16.0. The predicted molar refractivity (Wildman–Crippen MR) is 133 cm³/mol. The van der Waals surface area contributed by atoms with Crippen molar-refractivity contribution < 1.29 is 24.2 Å². The summed E-state index contributed by atoms with van der Waals surface area (Å²) in [7, 11) is 0. The Morgan fingerprint density at radius 3 is 2.29 bits per heavy atom. The van der Waals surface area contributed by atoms with E-state index in [0.29, 0.717) is 19.4 Å². The van der Waals surface area contributed by atoms with E-state index in [1.807, 2.05) is 50.3 Å². The van der Waals surface area contributed by atoms with Crippen LogP contribution in [-0.2, 0) is 14.3 Å². The largest absolute Gasteiger partial charge is 0.480 e. The molecule has 2 aliphatic rings. The van der Waals surface area contributed by atoms with Crippen LogP contribution in [0.15, 0.2) is 60.7 Å². The van der Waals surface area contributed by atoms with Gasteiger partial charge in [0.15, 0.2) is 0 Å². The Bertz CT molecular complexity index is 1080. The molecule has 0 fully saturated rings. The Morgan fingerprint density at radius 2 is 1.69 bits per heavy atom. The highest BCUT2D eigenvalue weighted by Gasteiger charge is 2.31. The number of carboxylic acids is 1. The first-order valence-corrected chi connectivity index (χ1v) is 12.1. The van der Waals surface area contributed by atoms with Crippen molar-refractivity contribution in [1.82, 2.24) is 10.2 Å². The third-order valence-corrected chi connectivity index (χ3v) is 6.55. The highest BCUT2D eigenvalue weighted by molar-refractivity contribution is 5.83. The molecule has 2 N–H and O–H groups in total. The number of ether oxygens (including phenoxy) is 1. The van der Waals surface area contributed by atoms with Crippen LogP contribution in [0.1, 0.15) is 43.7 Å². The van der Waals surface area contributed by atoms with Crippen molar-refractivity contribution in [2.24, 2.45) is 11.8 Å². The number of allylic oxidation sites excluding steroid dienone is 1. The number of hydrogen-bond donors (Lipinski definition) is 2. The molecule has 0 aromatic heterocycles. The number of carbonyl (C=O) groups is 3. The smallest absolute Gasteiger partial charge is 0.407 e. The third-order valence-electron chi connectivity index (χ3n) is 6.55. The molecule has 2 aliphatic carbocycles. The lowest BCUT2D eigenvalue weighted by molar-refractivity contribution is -0.146. The Hall–Kier alpha value is -3.61. The van der Waals surface area contributed by atoms with E-state index < -0.39 is 12.1 Å². The van der Waals surface area contributed by atoms with E-state index in [1.54, 1.807) is 0 Å². The minimum atomic E-state index is -1.03. The summed E-state index contributed by atoms with van der Waals surface area (Å²) in [6.07, 6.45) is 4.15. The quantitative estimate of drug-likeness (QED) is 0.550. The molecule has 2 atom stereocenters. The number of nitrogens with one attached hydrogen (secondary N) is 1. The van der Waals surface area contributed by atoms with Crippen LogP contribution < -0.4 is 5.32 Å². The van der Waals surface area contributed by atoms with Crippen LogP contribution in [0.4, 0.5) is 4.79 Å². The molecule has 184 valence electrons. The van der Waals surface area contributed by atoms with Gasteiger partial charge < -0.3 is 20.1 Å². The second-order valence-corrected chi connectivity index (χ2v) is 9.68. The van der Waals surface area contributed by atoms with Crippen molar-refractivity contribution in [3.63, 3.8) is 0 Å². The molecule has 2 unspecified atom stereocenters. The van der Waals surface area contributed by atoms with Gasteiger partial charge in [0.2, 0.25) is 5.91 Å². The zero-order valence-corrected chi connectivity index (χ0v) is 20.1. The van der Waals surface area contributed by atoms with Crippen LogP contribution in [0.2, 0.25) is 0 Å². The zero-order valence-electron chi connectivity index (χ0n) is 20.1. The summed E-state index contributed by atoms with van der Waals surface area (Å²) in [4.78, 5) is 38.3. The van der Waals surface area contributed by atoms with Crippen molar-refractivity contribution in [2.75, 3.05) is 19.7 Å². The first kappa shape index (κ1) is 24.5. The summed E-state index contributed by atoms with van der Waals surface area (Å²) in [5, 5.41) is 12.1. The molecule has 2 amide bonds. The van der Waals surface area contributed by atoms with Gasteiger partial charge in [-0.15, -0.1) is 0 Å². The van der Waals surface area contributed by atoms with Crippen molar-refractivity contribution in [2.45, 2.75) is 38.6 Å². The lowest BCUT2D eigenvalue weighted by Gasteiger charge is -2.30. The number of aliphatic carboxylic acids is 1. The molecule has 0 radical (unpaired) electrons. The maximum atomic E-state index is 13.0. The Morgan fingerprint density at radius 1 is 1.06 bits per heavy atom. The fourth-order valence-corrected chi connectivity index (χ4v) is 5.08. The van der Waals surface area contributed by atoms with Crippen LogP contribution in [0.5, 0.6) is 0 Å². The molecule has 7 heteroatoms. The normalized spacial score (nSPS) is 18.6. The molecule has 4 rings (SSSR count). The van der Waals surface area contributed by atoms with Gasteiger partial charge in [-0.2, -0.15) is 0 Å². The second-order valence-electron chi connectivity index (χ2n) is 9.68. The fraction of sp³-hybridized carbons (Fsp3) is 0.393. The molecule has 0 bridgehead atoms. The maximum absolute atomic E-state index is 13.0. The minimum Gasteiger partial charge on any atom is -0.480 e. The number of rotatable bonds is 8. The molecule has 35 heavy (non-hydrogen) atoms. The van der Waals surface area contributed by atoms with Gasteiger partial charge in [-0.3, -0.25) is 9.59 Å². The number of alkyl carbamates (subject to hydrolysis) is 1. The highest BCUT2D eigenvalue weighted by atomic mass is 16.5. The SMILES string of the molecule is CC(C)CN(CC(=O)O)C(=O)C1CC=CC(NC(=O)OCC2c3ccccc3-c3ccccc32)C1. The Kier molecular flexibility index (Phi) is 7.54. The maximum Gasteiger partial charge on any atom is 0.407 e. The number of carboxylic acid groups (broad SMARTS) is 1. The number of fused-ring (bicyclic) bond motifs is 3. The molecule has 0 heterocycles. The molecule has 0 spiro atoms. The minimum absolute atomic E-state index is 0.0232. The third kappa shape index (κ3) is 5.73. The number of hydrogen-bond acceptors (Lipinski definition) is 4. The van der Waals surface area contributed by atoms with Crippen molar-refractivity contribution in [1.29, 1.82) is 0 Å². The molecule has 2 aromatic rings. The van der Waals surface area contributed by atoms with Gasteiger partial charge in [-0.1, -0.05) is 74.5 Å². The van der Waals surface area contributed by atoms with E-state index >= 15 is 0 Å². The average molecular weight is 477 g/mol. The summed E-state index contributed by atoms with van der Waals surface area (Å²) >= 11 is 0. The van der Waals surface area contributed by atoms with Crippen LogP contribution in [0.25, 0.3) is 11.1 Å². The van der Waals surface area contributed by atoms with E-state index in [9.17, 15) is 19.5 Å². The van der Waals surface area contributed by atoms with Crippen LogP contribution in [-0.4, -0.2) is 53.7 Å². The van der Waals surface area contributed by atoms with Gasteiger partial charge in [-0.25, -0.2) is 4.79 Å². The van der Waals surface area contributed by atoms with Gasteiger partial charge >= 0.3 is 12.1 Å². The Labute approximate surface area is 205 Å². The molecular formula is C28H32N2O5. The number of nitrogens with zero attached hydrogens (tertiary/aromatic N) is 1. The molecule has 7 nitrogen and oxygen atoms in total. The Balaban J connectivity index is 1.35. The molecule has 0 saturated heterocycles. The predicted octanol–water partition coefficient (Wildman–Crippen LogP) is 4.43. The highest BCUT2D eigenvalue weighted by Crippen LogP contribution is 2.44. The van der Waals surface area contributed by atoms with Gasteiger partial charge in [0.1, 0.15) is 13.2 Å². The molecule has 2 aromatic carbocycles. The summed E-state index contributed by atoms with van der Waals surface area (Å²) in [5.41, 5.74) is 4.63. The standard InChI is InChI=1S/C28H32N2O5/c1-18(2)15-30(16-26(31)32)27(33)19-8-7-9-20(14-19)29-28(34)35-17-25-23-12-5-3-10-21(23)22-11-4-6-13-24(22)25/h3-7,9-13,18-20,25H,8,14-17H2,1-2H3,(H,29,34)(H,31,32). The van der Waals surface area contributed by atoms with E-state index in [2.05, 4.69) is 29.6 Å². The number of benzene rings is 2. The summed E-state index contributed by atoms with van der Waals surface area (Å²) in [6.45, 7) is 4.19. The average Bonchev–Trinajstić information content (AvgIpc) is 3.15. The van der Waals surface area contributed by atoms with Gasteiger partial charge in [0.25, 0.3) is 0 Å². The molecular weight excluding hydrogens is 444 g/mol. The van der Waals surface area contributed by atoms with E-state index in [4.69, 9.17) is 4.74 Å². The first-order chi connectivity index (χ1) is 16.8. The van der Waals surface area contributed by atoms with Gasteiger partial charge in [0.05, 0.1) is 6.04 Å². The molecule has 0 saturated carbocycles. The van der Waals surface area contributed by atoms with Crippen LogP contribution >= 0.6 is 0 Å². The monoisotopic (exact) mass is 476 g/mol. The van der Waals surface area contributed by atoms with Crippen molar-refractivity contribution in [3.8, 4) is 11.1 Å². The lowest BCUT2D eigenvalue weighted by Crippen LogP contribution is -2.45. The lowest BCUT2D eigenvalue weighted by atomic mass is 9.89. The molecule has 0 aliphatic heterocycles. The van der Waals surface area contributed by atoms with E-state index in [0.717, 1.165) is 11.1 Å². The van der Waals surface area contributed by atoms with Crippen molar-refractivity contribution in [3.05, 3.63) is 71.8 Å².